The van der Waals surface area contributed by atoms with Crippen LogP contribution < -0.4 is 10.1 Å². The fraction of sp³-hybridized carbons (Fsp3) is 0.556. The van der Waals surface area contributed by atoms with Crippen molar-refractivity contribution < 1.29 is 19.1 Å². The summed E-state index contributed by atoms with van der Waals surface area (Å²) in [5.41, 5.74) is 0. The van der Waals surface area contributed by atoms with Crippen molar-refractivity contribution in [2.45, 2.75) is 56.1 Å². The van der Waals surface area contributed by atoms with Gasteiger partial charge < -0.3 is 14.8 Å². The van der Waals surface area contributed by atoms with E-state index in [4.69, 9.17) is 9.47 Å². The molecule has 0 spiro atoms. The number of carbonyl (C=O) groups excluding carboxylic acids is 2. The Balaban J connectivity index is 1.70. The van der Waals surface area contributed by atoms with Gasteiger partial charge in [0, 0.05) is 10.9 Å². The highest BCUT2D eigenvalue weighted by atomic mass is 32.2. The molecule has 0 radical (unpaired) electrons. The first-order chi connectivity index (χ1) is 11.6. The van der Waals surface area contributed by atoms with E-state index in [1.807, 2.05) is 24.3 Å². The SMILES string of the molecule is COc1ccc(SCC(=O)O[C@H](C)C(=O)NC2CCCCC2)cc1. The fourth-order valence-electron chi connectivity index (χ4n) is 2.66. The summed E-state index contributed by atoms with van der Waals surface area (Å²) >= 11 is 1.38. The van der Waals surface area contributed by atoms with E-state index in [0.29, 0.717) is 0 Å². The molecule has 0 aromatic heterocycles. The highest BCUT2D eigenvalue weighted by molar-refractivity contribution is 8.00. The van der Waals surface area contributed by atoms with Gasteiger partial charge in [-0.15, -0.1) is 11.8 Å². The summed E-state index contributed by atoms with van der Waals surface area (Å²) in [5, 5.41) is 2.97. The number of amides is 1. The highest BCUT2D eigenvalue weighted by Gasteiger charge is 2.22. The zero-order chi connectivity index (χ0) is 17.4. The molecule has 0 bridgehead atoms. The predicted octanol–water partition coefficient (Wildman–Crippen LogP) is 3.17. The van der Waals surface area contributed by atoms with Crippen LogP contribution in [0.4, 0.5) is 0 Å². The maximum absolute atomic E-state index is 12.1. The van der Waals surface area contributed by atoms with Gasteiger partial charge in [-0.1, -0.05) is 19.3 Å². The predicted molar refractivity (Wildman–Crippen MR) is 94.3 cm³/mol. The molecule has 1 aliphatic rings. The summed E-state index contributed by atoms with van der Waals surface area (Å²) in [6.07, 6.45) is 4.81. The number of esters is 1. The number of ether oxygens (including phenoxy) is 2. The molecule has 1 fully saturated rings. The van der Waals surface area contributed by atoms with Crippen LogP contribution in [0.1, 0.15) is 39.0 Å². The fourth-order valence-corrected chi connectivity index (χ4v) is 3.35. The van der Waals surface area contributed by atoms with Gasteiger partial charge in [-0.2, -0.15) is 0 Å². The van der Waals surface area contributed by atoms with Crippen molar-refractivity contribution >= 4 is 23.6 Å². The summed E-state index contributed by atoms with van der Waals surface area (Å²) in [4.78, 5) is 24.9. The molecule has 0 heterocycles. The van der Waals surface area contributed by atoms with E-state index in [1.54, 1.807) is 14.0 Å². The highest BCUT2D eigenvalue weighted by Crippen LogP contribution is 2.21. The minimum Gasteiger partial charge on any atom is -0.497 e. The topological polar surface area (TPSA) is 64.6 Å². The average molecular weight is 351 g/mol. The molecule has 1 aromatic rings. The Morgan fingerprint density at radius 1 is 1.21 bits per heavy atom. The van der Waals surface area contributed by atoms with Crippen LogP contribution in [0.25, 0.3) is 0 Å². The smallest absolute Gasteiger partial charge is 0.317 e. The zero-order valence-corrected chi connectivity index (χ0v) is 15.1. The summed E-state index contributed by atoms with van der Waals surface area (Å²) in [6.45, 7) is 1.62. The van der Waals surface area contributed by atoms with Crippen LogP contribution in [0.15, 0.2) is 29.2 Å². The van der Waals surface area contributed by atoms with Gasteiger partial charge in [-0.25, -0.2) is 0 Å². The van der Waals surface area contributed by atoms with Gasteiger partial charge in [0.25, 0.3) is 5.91 Å². The first-order valence-corrected chi connectivity index (χ1v) is 9.33. The molecule has 1 N–H and O–H groups in total. The number of nitrogens with one attached hydrogen (secondary N) is 1. The molecule has 1 aromatic carbocycles. The normalized spacial score (nSPS) is 16.2. The maximum atomic E-state index is 12.1. The van der Waals surface area contributed by atoms with Gasteiger partial charge >= 0.3 is 5.97 Å². The molecule has 5 nitrogen and oxygen atoms in total. The average Bonchev–Trinajstić information content (AvgIpc) is 2.61. The van der Waals surface area contributed by atoms with Crippen LogP contribution in [-0.4, -0.2) is 36.9 Å². The van der Waals surface area contributed by atoms with Crippen molar-refractivity contribution in [3.8, 4) is 5.75 Å². The lowest BCUT2D eigenvalue weighted by Gasteiger charge is -2.24. The van der Waals surface area contributed by atoms with Gasteiger partial charge in [-0.3, -0.25) is 9.59 Å². The Labute approximate surface area is 147 Å². The molecule has 1 saturated carbocycles. The Morgan fingerprint density at radius 2 is 1.88 bits per heavy atom. The van der Waals surface area contributed by atoms with Crippen LogP contribution in [0.3, 0.4) is 0 Å². The standard InChI is InChI=1S/C18H25NO4S/c1-13(18(21)19-14-6-4-3-5-7-14)23-17(20)12-24-16-10-8-15(22-2)9-11-16/h8-11,13-14H,3-7,12H2,1-2H3,(H,19,21)/t13-/m1/s1. The van der Waals surface area contributed by atoms with E-state index < -0.39 is 6.10 Å². The van der Waals surface area contributed by atoms with E-state index in [9.17, 15) is 9.59 Å². The van der Waals surface area contributed by atoms with Gasteiger partial charge in [0.05, 0.1) is 12.9 Å². The van der Waals surface area contributed by atoms with Crippen LogP contribution in [0.2, 0.25) is 0 Å². The van der Waals surface area contributed by atoms with E-state index in [0.717, 1.165) is 36.3 Å². The molecule has 0 saturated heterocycles. The molecule has 1 aliphatic carbocycles. The zero-order valence-electron chi connectivity index (χ0n) is 14.2. The summed E-state index contributed by atoms with van der Waals surface area (Å²) in [6, 6.07) is 7.68. The Kier molecular flexibility index (Phi) is 7.43. The van der Waals surface area contributed by atoms with Crippen molar-refractivity contribution in [2.75, 3.05) is 12.9 Å². The third-order valence-electron chi connectivity index (χ3n) is 4.05. The van der Waals surface area contributed by atoms with E-state index in [1.165, 1.54) is 18.2 Å². The lowest BCUT2D eigenvalue weighted by Crippen LogP contribution is -2.43. The minimum atomic E-state index is -0.754. The van der Waals surface area contributed by atoms with E-state index in [-0.39, 0.29) is 23.7 Å². The van der Waals surface area contributed by atoms with Crippen LogP contribution >= 0.6 is 11.8 Å². The van der Waals surface area contributed by atoms with Crippen LogP contribution in [0, 0.1) is 0 Å². The summed E-state index contributed by atoms with van der Waals surface area (Å²) < 4.78 is 10.3. The van der Waals surface area contributed by atoms with Crippen molar-refractivity contribution in [3.63, 3.8) is 0 Å². The molecule has 2 rings (SSSR count). The molecule has 132 valence electrons. The van der Waals surface area contributed by atoms with E-state index in [2.05, 4.69) is 5.32 Å². The minimum absolute atomic E-state index is 0.174. The third kappa shape index (κ3) is 6.07. The molecule has 24 heavy (non-hydrogen) atoms. The number of carbonyl (C=O) groups is 2. The number of thioether (sulfide) groups is 1. The molecule has 0 unspecified atom stereocenters. The largest absolute Gasteiger partial charge is 0.497 e. The second-order valence-corrected chi connectivity index (χ2v) is 6.99. The number of hydrogen-bond donors (Lipinski definition) is 1. The third-order valence-corrected chi connectivity index (χ3v) is 5.03. The molecule has 0 aliphatic heterocycles. The van der Waals surface area contributed by atoms with Gasteiger partial charge in [0.15, 0.2) is 6.10 Å². The van der Waals surface area contributed by atoms with Crippen molar-refractivity contribution in [3.05, 3.63) is 24.3 Å². The summed E-state index contributed by atoms with van der Waals surface area (Å²) in [7, 11) is 1.61. The van der Waals surface area contributed by atoms with Gasteiger partial charge in [0.2, 0.25) is 0 Å². The van der Waals surface area contributed by atoms with Crippen molar-refractivity contribution in [1.29, 1.82) is 0 Å². The quantitative estimate of drug-likeness (QED) is 0.604. The number of benzene rings is 1. The van der Waals surface area contributed by atoms with Crippen LogP contribution in [0.5, 0.6) is 5.75 Å². The number of methoxy groups -OCH3 is 1. The monoisotopic (exact) mass is 351 g/mol. The lowest BCUT2D eigenvalue weighted by molar-refractivity contribution is -0.152. The number of rotatable bonds is 7. The van der Waals surface area contributed by atoms with Gasteiger partial charge in [0.1, 0.15) is 5.75 Å². The van der Waals surface area contributed by atoms with Gasteiger partial charge in [-0.05, 0) is 44.0 Å². The maximum Gasteiger partial charge on any atom is 0.317 e. The molecule has 1 atom stereocenters. The van der Waals surface area contributed by atoms with Crippen molar-refractivity contribution in [1.82, 2.24) is 5.32 Å². The first-order valence-electron chi connectivity index (χ1n) is 8.35. The second kappa shape index (κ2) is 9.57. The molecular weight excluding hydrogens is 326 g/mol. The molecular formula is C18H25NO4S. The first kappa shape index (κ1) is 18.6. The lowest BCUT2D eigenvalue weighted by atomic mass is 9.95. The molecule has 1 amide bonds. The Bertz CT molecular complexity index is 540. The molecule has 6 heteroatoms. The van der Waals surface area contributed by atoms with E-state index >= 15 is 0 Å². The number of hydrogen-bond acceptors (Lipinski definition) is 5. The second-order valence-electron chi connectivity index (χ2n) is 5.94. The van der Waals surface area contributed by atoms with Crippen LogP contribution in [-0.2, 0) is 14.3 Å². The Morgan fingerprint density at radius 3 is 2.50 bits per heavy atom. The summed E-state index contributed by atoms with van der Waals surface area (Å²) in [5.74, 6) is 0.356. The van der Waals surface area contributed by atoms with Crippen molar-refractivity contribution in [2.24, 2.45) is 0 Å². The Hall–Kier alpha value is -1.69.